The Labute approximate surface area is 61.6 Å². The minimum atomic E-state index is -0.000486. The molecule has 0 aromatic rings. The summed E-state index contributed by atoms with van der Waals surface area (Å²) in [6.07, 6.45) is 2.97. The third-order valence-electron chi connectivity index (χ3n) is 2.00. The molecule has 0 aliphatic carbocycles. The van der Waals surface area contributed by atoms with E-state index in [0.717, 1.165) is 19.1 Å². The number of aldehydes is 1. The van der Waals surface area contributed by atoms with Crippen LogP contribution in [0.3, 0.4) is 0 Å². The molecule has 1 atom stereocenters. The Morgan fingerprint density at radius 1 is 1.60 bits per heavy atom. The van der Waals surface area contributed by atoms with Crippen molar-refractivity contribution in [2.45, 2.75) is 32.3 Å². The molecule has 10 heavy (non-hydrogen) atoms. The molecule has 1 heterocycles. The number of carbonyl (C=O) groups is 1. The zero-order valence-corrected chi connectivity index (χ0v) is 6.59. The Balaban J connectivity index is 2.38. The first-order valence-corrected chi connectivity index (χ1v) is 3.73. The molecule has 1 rings (SSSR count). The van der Waals surface area contributed by atoms with E-state index in [1.165, 1.54) is 0 Å². The molecule has 1 aliphatic rings. The second-order valence-electron chi connectivity index (χ2n) is 3.51. The van der Waals surface area contributed by atoms with Crippen molar-refractivity contribution in [1.82, 2.24) is 0 Å². The van der Waals surface area contributed by atoms with Crippen LogP contribution >= 0.6 is 0 Å². The van der Waals surface area contributed by atoms with E-state index in [0.29, 0.717) is 6.61 Å². The minimum Gasteiger partial charge on any atom is -0.375 e. The Morgan fingerprint density at radius 2 is 2.30 bits per heavy atom. The standard InChI is InChI=1S/C8H14O2/c1-8(2)4-3-7(5-9)6-10-8/h5,7H,3-4,6H2,1-2H3/t7-/m1/s1. The molecule has 58 valence electrons. The van der Waals surface area contributed by atoms with Gasteiger partial charge in [0.15, 0.2) is 0 Å². The SMILES string of the molecule is CC1(C)CC[C@H](C=O)CO1. The van der Waals surface area contributed by atoms with E-state index < -0.39 is 0 Å². The van der Waals surface area contributed by atoms with Crippen molar-refractivity contribution >= 4 is 6.29 Å². The minimum absolute atomic E-state index is 0.000486. The predicted molar refractivity (Wildman–Crippen MR) is 38.8 cm³/mol. The molecule has 0 bridgehead atoms. The first-order valence-electron chi connectivity index (χ1n) is 3.73. The van der Waals surface area contributed by atoms with Gasteiger partial charge in [-0.15, -0.1) is 0 Å². The third-order valence-corrected chi connectivity index (χ3v) is 2.00. The average Bonchev–Trinajstić information content (AvgIpc) is 1.88. The lowest BCUT2D eigenvalue weighted by atomic mass is 9.92. The van der Waals surface area contributed by atoms with Gasteiger partial charge in [-0.25, -0.2) is 0 Å². The zero-order valence-electron chi connectivity index (χ0n) is 6.59. The zero-order chi connectivity index (χ0) is 7.61. The van der Waals surface area contributed by atoms with Crippen molar-refractivity contribution < 1.29 is 9.53 Å². The van der Waals surface area contributed by atoms with Gasteiger partial charge < -0.3 is 9.53 Å². The molecule has 2 heteroatoms. The quantitative estimate of drug-likeness (QED) is 0.517. The van der Waals surface area contributed by atoms with E-state index in [-0.39, 0.29) is 11.5 Å². The van der Waals surface area contributed by atoms with Gasteiger partial charge >= 0.3 is 0 Å². The summed E-state index contributed by atoms with van der Waals surface area (Å²) in [6.45, 7) is 4.73. The molecule has 1 saturated heterocycles. The Bertz CT molecular complexity index is 119. The van der Waals surface area contributed by atoms with Gasteiger partial charge in [-0.05, 0) is 26.7 Å². The van der Waals surface area contributed by atoms with Gasteiger partial charge in [0.1, 0.15) is 6.29 Å². The largest absolute Gasteiger partial charge is 0.375 e. The van der Waals surface area contributed by atoms with E-state index in [9.17, 15) is 4.79 Å². The van der Waals surface area contributed by atoms with Crippen LogP contribution in [0.4, 0.5) is 0 Å². The summed E-state index contributed by atoms with van der Waals surface area (Å²) in [5.41, 5.74) is -0.000486. The molecular weight excluding hydrogens is 128 g/mol. The van der Waals surface area contributed by atoms with E-state index in [1.807, 2.05) is 0 Å². The number of carbonyl (C=O) groups excluding carboxylic acids is 1. The lowest BCUT2D eigenvalue weighted by Crippen LogP contribution is -2.34. The molecule has 1 fully saturated rings. The van der Waals surface area contributed by atoms with Crippen molar-refractivity contribution in [3.63, 3.8) is 0 Å². The van der Waals surface area contributed by atoms with Crippen molar-refractivity contribution in [2.24, 2.45) is 5.92 Å². The maximum atomic E-state index is 10.3. The van der Waals surface area contributed by atoms with Crippen LogP contribution in [0.2, 0.25) is 0 Å². The Hall–Kier alpha value is -0.370. The van der Waals surface area contributed by atoms with E-state index in [4.69, 9.17) is 4.74 Å². The molecule has 0 radical (unpaired) electrons. The number of hydrogen-bond donors (Lipinski definition) is 0. The highest BCUT2D eigenvalue weighted by Gasteiger charge is 2.26. The second-order valence-corrected chi connectivity index (χ2v) is 3.51. The number of hydrogen-bond acceptors (Lipinski definition) is 2. The lowest BCUT2D eigenvalue weighted by molar-refractivity contribution is -0.122. The Morgan fingerprint density at radius 3 is 2.70 bits per heavy atom. The third kappa shape index (κ3) is 1.81. The number of rotatable bonds is 1. The summed E-state index contributed by atoms with van der Waals surface area (Å²) in [4.78, 5) is 10.3. The van der Waals surface area contributed by atoms with Gasteiger partial charge in [0, 0.05) is 5.92 Å². The van der Waals surface area contributed by atoms with Crippen LogP contribution in [-0.4, -0.2) is 18.5 Å². The highest BCUT2D eigenvalue weighted by molar-refractivity contribution is 5.53. The molecule has 0 aromatic carbocycles. The van der Waals surface area contributed by atoms with Gasteiger partial charge in [-0.2, -0.15) is 0 Å². The van der Waals surface area contributed by atoms with Gasteiger partial charge in [-0.3, -0.25) is 0 Å². The summed E-state index contributed by atoms with van der Waals surface area (Å²) in [5.74, 6) is 0.146. The highest BCUT2D eigenvalue weighted by atomic mass is 16.5. The van der Waals surface area contributed by atoms with Crippen LogP contribution in [0.25, 0.3) is 0 Å². The van der Waals surface area contributed by atoms with Gasteiger partial charge in [0.25, 0.3) is 0 Å². The molecule has 0 saturated carbocycles. The van der Waals surface area contributed by atoms with Gasteiger partial charge in [0.2, 0.25) is 0 Å². The first kappa shape index (κ1) is 7.73. The second kappa shape index (κ2) is 2.70. The monoisotopic (exact) mass is 142 g/mol. The lowest BCUT2D eigenvalue weighted by Gasteiger charge is -2.32. The van der Waals surface area contributed by atoms with Crippen LogP contribution in [0.1, 0.15) is 26.7 Å². The maximum absolute atomic E-state index is 10.3. The summed E-state index contributed by atoms with van der Waals surface area (Å²) in [6, 6.07) is 0. The maximum Gasteiger partial charge on any atom is 0.125 e. The molecule has 0 N–H and O–H groups in total. The topological polar surface area (TPSA) is 26.3 Å². The van der Waals surface area contributed by atoms with Crippen LogP contribution in [0, 0.1) is 5.92 Å². The molecule has 2 nitrogen and oxygen atoms in total. The van der Waals surface area contributed by atoms with Crippen LogP contribution in [-0.2, 0) is 9.53 Å². The van der Waals surface area contributed by atoms with Crippen LogP contribution < -0.4 is 0 Å². The van der Waals surface area contributed by atoms with E-state index >= 15 is 0 Å². The molecule has 1 aliphatic heterocycles. The molecule has 0 amide bonds. The normalized spacial score (nSPS) is 31.6. The van der Waals surface area contributed by atoms with Crippen molar-refractivity contribution in [3.05, 3.63) is 0 Å². The molecule has 0 spiro atoms. The van der Waals surface area contributed by atoms with Gasteiger partial charge in [0.05, 0.1) is 12.2 Å². The summed E-state index contributed by atoms with van der Waals surface area (Å²) < 4.78 is 5.44. The molecule has 0 unspecified atom stereocenters. The van der Waals surface area contributed by atoms with E-state index in [1.54, 1.807) is 0 Å². The van der Waals surface area contributed by atoms with Crippen molar-refractivity contribution in [1.29, 1.82) is 0 Å². The fourth-order valence-corrected chi connectivity index (χ4v) is 1.13. The van der Waals surface area contributed by atoms with Crippen LogP contribution in [0.5, 0.6) is 0 Å². The van der Waals surface area contributed by atoms with E-state index in [2.05, 4.69) is 13.8 Å². The fourth-order valence-electron chi connectivity index (χ4n) is 1.13. The van der Waals surface area contributed by atoms with Gasteiger partial charge in [-0.1, -0.05) is 0 Å². The molecular formula is C8H14O2. The summed E-state index contributed by atoms with van der Waals surface area (Å²) in [7, 11) is 0. The first-order chi connectivity index (χ1) is 4.64. The van der Waals surface area contributed by atoms with Crippen molar-refractivity contribution in [3.8, 4) is 0 Å². The summed E-state index contributed by atoms with van der Waals surface area (Å²) >= 11 is 0. The smallest absolute Gasteiger partial charge is 0.125 e. The predicted octanol–water partition coefficient (Wildman–Crippen LogP) is 1.39. The fraction of sp³-hybridized carbons (Fsp3) is 0.875. The average molecular weight is 142 g/mol. The van der Waals surface area contributed by atoms with Crippen molar-refractivity contribution in [2.75, 3.05) is 6.61 Å². The number of ether oxygens (including phenoxy) is 1. The Kier molecular flexibility index (Phi) is 2.09. The van der Waals surface area contributed by atoms with Crippen LogP contribution in [0.15, 0.2) is 0 Å². The summed E-state index contributed by atoms with van der Waals surface area (Å²) in [5, 5.41) is 0. The molecule has 0 aromatic heterocycles. The highest BCUT2D eigenvalue weighted by Crippen LogP contribution is 2.25.